The highest BCUT2D eigenvalue weighted by Crippen LogP contribution is 2.48. The van der Waals surface area contributed by atoms with Crippen molar-refractivity contribution >= 4 is 11.8 Å². The fraction of sp³-hybridized carbons (Fsp3) is 0.733. The lowest BCUT2D eigenvalue weighted by Gasteiger charge is -2.54. The van der Waals surface area contributed by atoms with Gasteiger partial charge in [0.25, 0.3) is 0 Å². The summed E-state index contributed by atoms with van der Waals surface area (Å²) in [6.45, 7) is 6.66. The predicted octanol–water partition coefficient (Wildman–Crippen LogP) is 2.33. The van der Waals surface area contributed by atoms with Gasteiger partial charge in [-0.3, -0.25) is 0 Å². The Balaban J connectivity index is 1.95. The second-order valence-corrected chi connectivity index (χ2v) is 7.40. The molecule has 1 spiro atoms. The molecular formula is C15H23N3O3. The Hall–Kier alpha value is -1.56. The maximum Gasteiger partial charge on any atom is 0.327 e. The van der Waals surface area contributed by atoms with Crippen molar-refractivity contribution in [3.8, 4) is 0 Å². The quantitative estimate of drug-likeness (QED) is 0.862. The highest BCUT2D eigenvalue weighted by atomic mass is 16.5. The molecule has 0 bridgehead atoms. The smallest absolute Gasteiger partial charge is 0.327 e. The monoisotopic (exact) mass is 293 g/mol. The normalized spacial score (nSPS) is 25.4. The van der Waals surface area contributed by atoms with Gasteiger partial charge in [0.1, 0.15) is 12.0 Å². The number of aliphatic hydroxyl groups excluding tert-OH is 1. The van der Waals surface area contributed by atoms with E-state index in [1.807, 2.05) is 20.8 Å². The van der Waals surface area contributed by atoms with Gasteiger partial charge in [-0.05, 0) is 12.8 Å². The number of urea groups is 1. The molecule has 6 nitrogen and oxygen atoms in total. The molecule has 1 aromatic rings. The lowest BCUT2D eigenvalue weighted by molar-refractivity contribution is -0.0619. The minimum absolute atomic E-state index is 0.185. The van der Waals surface area contributed by atoms with E-state index < -0.39 is 6.23 Å². The first-order valence-electron chi connectivity index (χ1n) is 7.44. The van der Waals surface area contributed by atoms with Crippen LogP contribution in [0, 0.1) is 5.41 Å². The van der Waals surface area contributed by atoms with E-state index in [1.54, 1.807) is 18.0 Å². The summed E-state index contributed by atoms with van der Waals surface area (Å²) in [4.78, 5) is 15.5. The third kappa shape index (κ3) is 2.12. The Morgan fingerprint density at radius 2 is 2.10 bits per heavy atom. The molecule has 21 heavy (non-hydrogen) atoms. The molecule has 0 radical (unpaired) electrons. The van der Waals surface area contributed by atoms with Crippen molar-refractivity contribution in [2.24, 2.45) is 5.41 Å². The Morgan fingerprint density at radius 1 is 1.43 bits per heavy atom. The molecular weight excluding hydrogens is 270 g/mol. The zero-order valence-corrected chi connectivity index (χ0v) is 13.1. The number of rotatable bonds is 1. The van der Waals surface area contributed by atoms with E-state index in [1.165, 1.54) is 4.90 Å². The molecule has 2 fully saturated rings. The summed E-state index contributed by atoms with van der Waals surface area (Å²) < 4.78 is 5.36. The molecule has 0 aromatic carbocycles. The number of hydrogen-bond acceptors (Lipinski definition) is 4. The second-order valence-electron chi connectivity index (χ2n) is 7.40. The van der Waals surface area contributed by atoms with Gasteiger partial charge in [-0.1, -0.05) is 32.3 Å². The second kappa shape index (κ2) is 4.47. The molecule has 2 aliphatic rings. The molecule has 1 aliphatic heterocycles. The summed E-state index contributed by atoms with van der Waals surface area (Å²) in [5.74, 6) is 1.10. The molecule has 1 saturated heterocycles. The molecule has 2 amide bonds. The first-order chi connectivity index (χ1) is 9.74. The van der Waals surface area contributed by atoms with Crippen molar-refractivity contribution < 1.29 is 14.4 Å². The van der Waals surface area contributed by atoms with Gasteiger partial charge in [-0.15, -0.1) is 0 Å². The molecule has 2 heterocycles. The number of carbonyl (C=O) groups is 1. The van der Waals surface area contributed by atoms with Crippen LogP contribution in [0.3, 0.4) is 0 Å². The predicted molar refractivity (Wildman–Crippen MR) is 78.0 cm³/mol. The number of amides is 2. The number of aromatic nitrogens is 1. The van der Waals surface area contributed by atoms with E-state index >= 15 is 0 Å². The molecule has 6 heteroatoms. The topological polar surface area (TPSA) is 69.8 Å². The van der Waals surface area contributed by atoms with Crippen molar-refractivity contribution in [3.05, 3.63) is 11.8 Å². The summed E-state index contributed by atoms with van der Waals surface area (Å²) in [6, 6.07) is 1.53. The van der Waals surface area contributed by atoms with Gasteiger partial charge in [0, 0.05) is 30.5 Å². The number of anilines is 1. The van der Waals surface area contributed by atoms with E-state index in [-0.39, 0.29) is 16.9 Å². The molecule has 1 unspecified atom stereocenters. The maximum absolute atomic E-state index is 12.4. The van der Waals surface area contributed by atoms with Gasteiger partial charge in [0.15, 0.2) is 5.82 Å². The van der Waals surface area contributed by atoms with Crippen LogP contribution in [0.25, 0.3) is 0 Å². The summed E-state index contributed by atoms with van der Waals surface area (Å²) in [5.41, 5.74) is -0.404. The van der Waals surface area contributed by atoms with Crippen molar-refractivity contribution in [2.45, 2.75) is 51.7 Å². The fourth-order valence-corrected chi connectivity index (χ4v) is 3.19. The van der Waals surface area contributed by atoms with Crippen LogP contribution in [-0.2, 0) is 5.41 Å². The zero-order valence-electron chi connectivity index (χ0n) is 13.1. The van der Waals surface area contributed by atoms with E-state index in [0.29, 0.717) is 18.1 Å². The average molecular weight is 293 g/mol. The lowest BCUT2D eigenvalue weighted by atomic mass is 9.66. The van der Waals surface area contributed by atoms with Gasteiger partial charge < -0.3 is 14.5 Å². The molecule has 1 aromatic heterocycles. The van der Waals surface area contributed by atoms with Crippen LogP contribution in [0.4, 0.5) is 10.6 Å². The van der Waals surface area contributed by atoms with E-state index in [9.17, 15) is 9.90 Å². The van der Waals surface area contributed by atoms with Crippen LogP contribution in [0.1, 0.15) is 45.8 Å². The number of carbonyl (C=O) groups excluding carboxylic acids is 1. The van der Waals surface area contributed by atoms with Gasteiger partial charge >= 0.3 is 6.03 Å². The number of nitrogens with zero attached hydrogens (tertiary/aromatic N) is 3. The Kier molecular flexibility index (Phi) is 3.06. The zero-order chi connectivity index (χ0) is 15.4. The maximum atomic E-state index is 12.4. The highest BCUT2D eigenvalue weighted by Gasteiger charge is 2.53. The van der Waals surface area contributed by atoms with Crippen molar-refractivity contribution in [3.63, 3.8) is 0 Å². The van der Waals surface area contributed by atoms with E-state index in [4.69, 9.17) is 4.52 Å². The summed E-state index contributed by atoms with van der Waals surface area (Å²) in [5, 5.41) is 14.7. The Morgan fingerprint density at radius 3 is 2.57 bits per heavy atom. The summed E-state index contributed by atoms with van der Waals surface area (Å²) in [7, 11) is 1.77. The third-order valence-corrected chi connectivity index (χ3v) is 4.71. The Bertz CT molecular complexity index is 557. The van der Waals surface area contributed by atoms with E-state index in [0.717, 1.165) is 19.3 Å². The van der Waals surface area contributed by atoms with Crippen molar-refractivity contribution in [2.75, 3.05) is 18.5 Å². The SMILES string of the molecule is CN1CC2(CCC2)C(O)N(c2cc(C(C)(C)C)on2)C1=O. The number of hydrogen-bond donors (Lipinski definition) is 1. The number of aliphatic hydroxyl groups is 1. The van der Waals surface area contributed by atoms with E-state index in [2.05, 4.69) is 5.16 Å². The highest BCUT2D eigenvalue weighted by molar-refractivity contribution is 5.92. The molecule has 1 aliphatic carbocycles. The summed E-state index contributed by atoms with van der Waals surface area (Å²) in [6.07, 6.45) is 2.14. The van der Waals surface area contributed by atoms with Gasteiger partial charge in [0.05, 0.1) is 0 Å². The van der Waals surface area contributed by atoms with Crippen LogP contribution in [0.15, 0.2) is 10.6 Å². The first-order valence-corrected chi connectivity index (χ1v) is 7.44. The minimum atomic E-state index is -0.826. The van der Waals surface area contributed by atoms with Crippen molar-refractivity contribution in [1.29, 1.82) is 0 Å². The van der Waals surface area contributed by atoms with Crippen LogP contribution >= 0.6 is 0 Å². The van der Waals surface area contributed by atoms with Gasteiger partial charge in [-0.2, -0.15) is 0 Å². The molecule has 3 rings (SSSR count). The standard InChI is InChI=1S/C15H23N3O3/c1-14(2,3)10-8-11(16-21-10)18-12(19)15(6-5-7-15)9-17(4)13(18)20/h8,12,19H,5-7,9H2,1-4H3. The van der Waals surface area contributed by atoms with Crippen molar-refractivity contribution in [1.82, 2.24) is 10.1 Å². The van der Waals surface area contributed by atoms with Crippen LogP contribution < -0.4 is 4.90 Å². The van der Waals surface area contributed by atoms with Crippen LogP contribution in [-0.4, -0.2) is 41.0 Å². The molecule has 1 saturated carbocycles. The molecule has 116 valence electrons. The minimum Gasteiger partial charge on any atom is -0.372 e. The summed E-state index contributed by atoms with van der Waals surface area (Å²) >= 11 is 0. The third-order valence-electron chi connectivity index (χ3n) is 4.71. The first kappa shape index (κ1) is 14.4. The van der Waals surface area contributed by atoms with Crippen LogP contribution in [0.5, 0.6) is 0 Å². The lowest BCUT2D eigenvalue weighted by Crippen LogP contribution is -2.66. The molecule has 1 atom stereocenters. The largest absolute Gasteiger partial charge is 0.372 e. The average Bonchev–Trinajstić information content (AvgIpc) is 2.81. The van der Waals surface area contributed by atoms with Crippen LogP contribution in [0.2, 0.25) is 0 Å². The Labute approximate surface area is 124 Å². The van der Waals surface area contributed by atoms with Gasteiger partial charge in [0.2, 0.25) is 0 Å². The molecule has 1 N–H and O–H groups in total. The fourth-order valence-electron chi connectivity index (χ4n) is 3.19. The van der Waals surface area contributed by atoms with Gasteiger partial charge in [-0.25, -0.2) is 9.69 Å².